The van der Waals surface area contributed by atoms with E-state index in [-0.39, 0.29) is 18.6 Å². The highest BCUT2D eigenvalue weighted by molar-refractivity contribution is 6.35. The van der Waals surface area contributed by atoms with Gasteiger partial charge in [0.15, 0.2) is 0 Å². The fourth-order valence-corrected chi connectivity index (χ4v) is 3.46. The number of aliphatic carboxylic acids is 1. The fraction of sp³-hybridized carbons (Fsp3) is 0.438. The van der Waals surface area contributed by atoms with Gasteiger partial charge in [-0.05, 0) is 37.6 Å². The van der Waals surface area contributed by atoms with Gasteiger partial charge in [0.05, 0.1) is 6.54 Å². The van der Waals surface area contributed by atoms with Gasteiger partial charge in [-0.2, -0.15) is 4.98 Å². The van der Waals surface area contributed by atoms with Gasteiger partial charge in [-0.3, -0.25) is 9.69 Å². The first-order valence-corrected chi connectivity index (χ1v) is 8.72. The van der Waals surface area contributed by atoms with E-state index in [0.717, 1.165) is 12.8 Å². The summed E-state index contributed by atoms with van der Waals surface area (Å²) in [5.41, 5.74) is 0.680. The standard InChI is InChI=1S/C16H18Cl2N4O3/c1-2-22(8-14(23)24)13-6-12(7-13)19-16-20-15(21-25-16)9-3-10(17)5-11(18)4-9/h3-5,12-13H,2,6-8H2,1H3,(H,23,24)(H,19,20,21). The van der Waals surface area contributed by atoms with E-state index in [1.54, 1.807) is 18.2 Å². The minimum atomic E-state index is -0.806. The van der Waals surface area contributed by atoms with Crippen molar-refractivity contribution in [3.63, 3.8) is 0 Å². The number of hydrogen-bond acceptors (Lipinski definition) is 6. The predicted octanol–water partition coefficient (Wildman–Crippen LogP) is 3.39. The van der Waals surface area contributed by atoms with Crippen LogP contribution in [0.2, 0.25) is 10.0 Å². The number of carboxylic acid groups (broad SMARTS) is 1. The van der Waals surface area contributed by atoms with Gasteiger partial charge in [-0.25, -0.2) is 0 Å². The van der Waals surface area contributed by atoms with Crippen molar-refractivity contribution in [2.45, 2.75) is 31.8 Å². The van der Waals surface area contributed by atoms with Crippen LogP contribution in [0.15, 0.2) is 22.7 Å². The maximum absolute atomic E-state index is 10.9. The first-order chi connectivity index (χ1) is 11.9. The van der Waals surface area contributed by atoms with Gasteiger partial charge in [0.2, 0.25) is 5.82 Å². The second kappa shape index (κ2) is 7.59. The Balaban J connectivity index is 1.57. The van der Waals surface area contributed by atoms with Crippen LogP contribution in [0.25, 0.3) is 11.4 Å². The normalized spacial score (nSPS) is 19.7. The SMILES string of the molecule is CCN(CC(=O)O)C1CC(Nc2nc(-c3cc(Cl)cc(Cl)c3)no2)C1. The predicted molar refractivity (Wildman–Crippen MR) is 95.1 cm³/mol. The van der Waals surface area contributed by atoms with E-state index in [0.29, 0.717) is 34.0 Å². The molecule has 2 aromatic rings. The average molecular weight is 385 g/mol. The molecular weight excluding hydrogens is 367 g/mol. The lowest BCUT2D eigenvalue weighted by Crippen LogP contribution is -2.51. The molecule has 0 amide bonds. The Labute approximate surface area is 154 Å². The number of benzene rings is 1. The first kappa shape index (κ1) is 18.0. The van der Waals surface area contributed by atoms with E-state index in [9.17, 15) is 4.79 Å². The van der Waals surface area contributed by atoms with Gasteiger partial charge in [0, 0.05) is 27.7 Å². The number of likely N-dealkylation sites (N-methyl/N-ethyl adjacent to an activating group) is 1. The molecule has 1 heterocycles. The molecule has 0 unspecified atom stereocenters. The Morgan fingerprint density at radius 1 is 1.36 bits per heavy atom. The van der Waals surface area contributed by atoms with E-state index >= 15 is 0 Å². The number of nitrogens with one attached hydrogen (secondary N) is 1. The summed E-state index contributed by atoms with van der Waals surface area (Å²) in [7, 11) is 0. The quantitative estimate of drug-likeness (QED) is 0.755. The summed E-state index contributed by atoms with van der Waals surface area (Å²) in [5, 5.41) is 17.0. The van der Waals surface area contributed by atoms with Crippen LogP contribution >= 0.6 is 23.2 Å². The summed E-state index contributed by atoms with van der Waals surface area (Å²) in [6, 6.07) is 5.84. The average Bonchev–Trinajstić information content (AvgIpc) is 2.96. The fourth-order valence-electron chi connectivity index (χ4n) is 2.93. The number of hydrogen-bond donors (Lipinski definition) is 2. The highest BCUT2D eigenvalue weighted by atomic mass is 35.5. The minimum absolute atomic E-state index is 0.0636. The Hall–Kier alpha value is -1.83. The zero-order valence-corrected chi connectivity index (χ0v) is 15.1. The second-order valence-corrected chi connectivity index (χ2v) is 6.88. The lowest BCUT2D eigenvalue weighted by Gasteiger charge is -2.41. The van der Waals surface area contributed by atoms with E-state index in [1.165, 1.54) is 0 Å². The van der Waals surface area contributed by atoms with Crippen molar-refractivity contribution in [1.29, 1.82) is 0 Å². The maximum Gasteiger partial charge on any atom is 0.322 e. The molecule has 25 heavy (non-hydrogen) atoms. The van der Waals surface area contributed by atoms with Crippen molar-refractivity contribution in [3.8, 4) is 11.4 Å². The van der Waals surface area contributed by atoms with E-state index in [2.05, 4.69) is 15.5 Å². The summed E-state index contributed by atoms with van der Waals surface area (Å²) in [6.45, 7) is 2.74. The van der Waals surface area contributed by atoms with Crippen LogP contribution in [0.3, 0.4) is 0 Å². The van der Waals surface area contributed by atoms with Crippen LogP contribution in [0.1, 0.15) is 19.8 Å². The molecule has 0 bridgehead atoms. The third-order valence-corrected chi connectivity index (χ3v) is 4.68. The third kappa shape index (κ3) is 4.42. The third-order valence-electron chi connectivity index (χ3n) is 4.25. The van der Waals surface area contributed by atoms with Gasteiger partial charge >= 0.3 is 12.0 Å². The van der Waals surface area contributed by atoms with Crippen molar-refractivity contribution in [2.24, 2.45) is 0 Å². The van der Waals surface area contributed by atoms with Crippen LogP contribution in [0.4, 0.5) is 6.01 Å². The largest absolute Gasteiger partial charge is 0.480 e. The molecule has 0 aliphatic heterocycles. The summed E-state index contributed by atoms with van der Waals surface area (Å²) < 4.78 is 5.23. The van der Waals surface area contributed by atoms with Gasteiger partial charge in [-0.15, -0.1) is 0 Å². The first-order valence-electron chi connectivity index (χ1n) is 7.97. The summed E-state index contributed by atoms with van der Waals surface area (Å²) >= 11 is 12.0. The Morgan fingerprint density at radius 3 is 2.64 bits per heavy atom. The molecule has 3 rings (SSSR count). The molecule has 0 saturated heterocycles. The monoisotopic (exact) mass is 384 g/mol. The summed E-state index contributed by atoms with van der Waals surface area (Å²) in [5.74, 6) is -0.399. The molecule has 9 heteroatoms. The number of carbonyl (C=O) groups is 1. The lowest BCUT2D eigenvalue weighted by molar-refractivity contribution is -0.139. The van der Waals surface area contributed by atoms with Gasteiger partial charge < -0.3 is 14.9 Å². The molecule has 7 nitrogen and oxygen atoms in total. The van der Waals surface area contributed by atoms with Crippen LogP contribution in [-0.4, -0.2) is 51.3 Å². The molecule has 1 aliphatic carbocycles. The zero-order chi connectivity index (χ0) is 18.0. The number of halogens is 2. The molecular formula is C16H18Cl2N4O3. The number of nitrogens with zero attached hydrogens (tertiary/aromatic N) is 3. The topological polar surface area (TPSA) is 91.5 Å². The zero-order valence-electron chi connectivity index (χ0n) is 13.6. The molecule has 2 N–H and O–H groups in total. The summed E-state index contributed by atoms with van der Waals surface area (Å²) in [4.78, 5) is 17.1. The van der Waals surface area contributed by atoms with E-state index in [4.69, 9.17) is 32.8 Å². The number of aromatic nitrogens is 2. The van der Waals surface area contributed by atoms with Crippen LogP contribution in [-0.2, 0) is 4.79 Å². The lowest BCUT2D eigenvalue weighted by atomic mass is 9.85. The Bertz CT molecular complexity index is 741. The number of anilines is 1. The maximum atomic E-state index is 10.9. The molecule has 0 radical (unpaired) electrons. The summed E-state index contributed by atoms with van der Waals surface area (Å²) in [6.07, 6.45) is 1.67. The van der Waals surface area contributed by atoms with E-state index in [1.807, 2.05) is 11.8 Å². The van der Waals surface area contributed by atoms with Crippen molar-refractivity contribution < 1.29 is 14.4 Å². The minimum Gasteiger partial charge on any atom is -0.480 e. The van der Waals surface area contributed by atoms with Crippen molar-refractivity contribution in [1.82, 2.24) is 15.0 Å². The van der Waals surface area contributed by atoms with Crippen molar-refractivity contribution in [2.75, 3.05) is 18.4 Å². The van der Waals surface area contributed by atoms with Gasteiger partial charge in [0.1, 0.15) is 0 Å². The van der Waals surface area contributed by atoms with Crippen molar-refractivity contribution >= 4 is 35.2 Å². The van der Waals surface area contributed by atoms with Crippen molar-refractivity contribution in [3.05, 3.63) is 28.2 Å². The highest BCUT2D eigenvalue weighted by Crippen LogP contribution is 2.30. The number of carboxylic acids is 1. The number of rotatable bonds is 7. The van der Waals surface area contributed by atoms with Gasteiger partial charge in [0.25, 0.3) is 0 Å². The van der Waals surface area contributed by atoms with Crippen LogP contribution in [0.5, 0.6) is 0 Å². The molecule has 0 atom stereocenters. The molecule has 1 fully saturated rings. The van der Waals surface area contributed by atoms with Crippen LogP contribution in [0, 0.1) is 0 Å². The van der Waals surface area contributed by atoms with Gasteiger partial charge in [-0.1, -0.05) is 35.3 Å². The molecule has 1 aromatic carbocycles. The molecule has 1 aliphatic rings. The molecule has 1 saturated carbocycles. The molecule has 134 valence electrons. The smallest absolute Gasteiger partial charge is 0.322 e. The Kier molecular flexibility index (Phi) is 5.46. The second-order valence-electron chi connectivity index (χ2n) is 6.00. The molecule has 0 spiro atoms. The molecule has 1 aromatic heterocycles. The van der Waals surface area contributed by atoms with Crippen LogP contribution < -0.4 is 5.32 Å². The highest BCUT2D eigenvalue weighted by Gasteiger charge is 2.34. The van der Waals surface area contributed by atoms with E-state index < -0.39 is 5.97 Å². The Morgan fingerprint density at radius 2 is 2.04 bits per heavy atom.